The number of nitrogens with zero attached hydrogens (tertiary/aromatic N) is 1. The summed E-state index contributed by atoms with van der Waals surface area (Å²) in [5, 5.41) is 2.92. The van der Waals surface area contributed by atoms with Gasteiger partial charge in [-0.25, -0.2) is 4.57 Å². The van der Waals surface area contributed by atoms with Crippen LogP contribution in [-0.2, 0) is 34.8 Å². The molecule has 0 saturated carbocycles. The lowest BCUT2D eigenvalue weighted by Gasteiger charge is -2.55. The lowest BCUT2D eigenvalue weighted by Crippen LogP contribution is -2.64. The SMILES string of the molecule is Cc1ncccc1NC(=O)c1ccc2c(c1)CCC1=C2[C@H](Cc2ccccc2)[C@@H](Cc2ccccc2)[C@](OP(=O)(O)O)(C(F)(F)F)[C@H]1Cc1ccccc1. The highest BCUT2D eigenvalue weighted by molar-refractivity contribution is 7.46. The average molecular weight is 753 g/mol. The van der Waals surface area contributed by atoms with Crippen molar-refractivity contribution in [2.24, 2.45) is 17.8 Å². The largest absolute Gasteiger partial charge is 0.470 e. The summed E-state index contributed by atoms with van der Waals surface area (Å²) in [4.78, 5) is 38.6. The first-order chi connectivity index (χ1) is 25.8. The number of fused-ring (bicyclic) bond motifs is 2. The predicted octanol–water partition coefficient (Wildman–Crippen LogP) is 9.34. The number of nitrogens with one attached hydrogen (secondary N) is 1. The van der Waals surface area contributed by atoms with E-state index in [-0.39, 0.29) is 31.6 Å². The van der Waals surface area contributed by atoms with Crippen LogP contribution in [0.2, 0.25) is 0 Å². The van der Waals surface area contributed by atoms with Crippen LogP contribution in [0.3, 0.4) is 0 Å². The van der Waals surface area contributed by atoms with Gasteiger partial charge in [0.05, 0.1) is 11.4 Å². The second-order valence-corrected chi connectivity index (χ2v) is 15.3. The molecule has 2 aliphatic carbocycles. The lowest BCUT2D eigenvalue weighted by atomic mass is 9.54. The van der Waals surface area contributed by atoms with Crippen molar-refractivity contribution in [3.63, 3.8) is 0 Å². The molecule has 0 bridgehead atoms. The van der Waals surface area contributed by atoms with E-state index in [0.717, 1.165) is 16.7 Å². The van der Waals surface area contributed by atoms with Gasteiger partial charge in [0.2, 0.25) is 0 Å². The number of aromatic nitrogens is 1. The smallest absolute Gasteiger partial charge is 0.320 e. The summed E-state index contributed by atoms with van der Waals surface area (Å²) >= 11 is 0. The molecule has 0 aliphatic heterocycles. The molecule has 4 aromatic carbocycles. The van der Waals surface area contributed by atoms with E-state index in [2.05, 4.69) is 10.3 Å². The highest BCUT2D eigenvalue weighted by Crippen LogP contribution is 2.64. The summed E-state index contributed by atoms with van der Waals surface area (Å²) < 4.78 is 67.5. The number of halogens is 3. The predicted molar refractivity (Wildman–Crippen MR) is 201 cm³/mol. The Hall–Kier alpha value is -4.86. The second kappa shape index (κ2) is 15.1. The highest BCUT2D eigenvalue weighted by Gasteiger charge is 2.71. The minimum atomic E-state index is -5.74. The zero-order valence-electron chi connectivity index (χ0n) is 29.5. The number of hydrogen-bond acceptors (Lipinski definition) is 4. The van der Waals surface area contributed by atoms with Gasteiger partial charge in [0.1, 0.15) is 0 Å². The lowest BCUT2D eigenvalue weighted by molar-refractivity contribution is -0.294. The van der Waals surface area contributed by atoms with E-state index in [4.69, 9.17) is 4.52 Å². The van der Waals surface area contributed by atoms with Gasteiger partial charge in [0.15, 0.2) is 5.60 Å². The number of anilines is 1. The Morgan fingerprint density at radius 1 is 0.833 bits per heavy atom. The van der Waals surface area contributed by atoms with Gasteiger partial charge in [0.25, 0.3) is 5.91 Å². The molecule has 2 aliphatic rings. The van der Waals surface area contributed by atoms with Crippen LogP contribution in [0.5, 0.6) is 0 Å². The molecule has 3 N–H and O–H groups in total. The highest BCUT2D eigenvalue weighted by atomic mass is 31.2. The molecular formula is C43H40F3N2O5P. The maximum absolute atomic E-state index is 16.4. The topological polar surface area (TPSA) is 109 Å². The number of pyridine rings is 1. The molecule has 0 saturated heterocycles. The normalized spacial score (nSPS) is 21.3. The van der Waals surface area contributed by atoms with Gasteiger partial charge in [-0.15, -0.1) is 0 Å². The third-order valence-electron chi connectivity index (χ3n) is 10.9. The zero-order valence-corrected chi connectivity index (χ0v) is 30.4. The molecular weight excluding hydrogens is 712 g/mol. The number of carbonyl (C=O) groups is 1. The van der Waals surface area contributed by atoms with Crippen LogP contribution in [-0.4, -0.2) is 32.5 Å². The summed E-state index contributed by atoms with van der Waals surface area (Å²) in [5.74, 6) is -4.18. The summed E-state index contributed by atoms with van der Waals surface area (Å²) in [6.45, 7) is 1.79. The van der Waals surface area contributed by atoms with Crippen LogP contribution in [0.25, 0.3) is 5.57 Å². The first-order valence-electron chi connectivity index (χ1n) is 17.9. The first-order valence-corrected chi connectivity index (χ1v) is 19.4. The molecule has 0 radical (unpaired) electrons. The molecule has 7 nitrogen and oxygen atoms in total. The van der Waals surface area contributed by atoms with Crippen molar-refractivity contribution in [1.29, 1.82) is 0 Å². The van der Waals surface area contributed by atoms with Crippen LogP contribution < -0.4 is 5.32 Å². The molecule has 11 heteroatoms. The van der Waals surface area contributed by atoms with E-state index in [1.807, 2.05) is 36.4 Å². The van der Waals surface area contributed by atoms with Crippen molar-refractivity contribution in [3.8, 4) is 0 Å². The number of rotatable bonds is 10. The number of amides is 1. The van der Waals surface area contributed by atoms with Crippen molar-refractivity contribution in [1.82, 2.24) is 4.98 Å². The van der Waals surface area contributed by atoms with Crippen LogP contribution in [0.1, 0.15) is 50.3 Å². The van der Waals surface area contributed by atoms with E-state index in [1.165, 1.54) is 0 Å². The Balaban J connectivity index is 1.47. The Kier molecular flexibility index (Phi) is 10.5. The van der Waals surface area contributed by atoms with Crippen LogP contribution >= 0.6 is 7.82 Å². The van der Waals surface area contributed by atoms with Crippen molar-refractivity contribution >= 4 is 25.0 Å². The Bertz CT molecular complexity index is 2210. The second-order valence-electron chi connectivity index (χ2n) is 14.1. The van der Waals surface area contributed by atoms with Crippen molar-refractivity contribution in [3.05, 3.63) is 172 Å². The molecule has 0 unspecified atom stereocenters. The number of allylic oxidation sites excluding steroid dienone is 1. The maximum atomic E-state index is 16.4. The Morgan fingerprint density at radius 3 is 2.00 bits per heavy atom. The Labute approximate surface area is 312 Å². The molecule has 0 fully saturated rings. The fraction of sp³-hybridized carbons (Fsp3) is 0.256. The number of phosphoric acid groups is 1. The fourth-order valence-electron chi connectivity index (χ4n) is 8.60. The average Bonchev–Trinajstić information content (AvgIpc) is 3.15. The van der Waals surface area contributed by atoms with Gasteiger partial charge in [0, 0.05) is 23.6 Å². The summed E-state index contributed by atoms with van der Waals surface area (Å²) in [6, 6.07) is 35.4. The van der Waals surface area contributed by atoms with E-state index in [0.29, 0.717) is 45.6 Å². The minimum Gasteiger partial charge on any atom is -0.320 e. The molecule has 7 rings (SSSR count). The molecule has 54 heavy (non-hydrogen) atoms. The van der Waals surface area contributed by atoms with Crippen LogP contribution in [0.15, 0.2) is 133 Å². The van der Waals surface area contributed by atoms with E-state index in [1.54, 1.807) is 98.0 Å². The molecule has 4 atom stereocenters. The fourth-order valence-corrected chi connectivity index (χ4v) is 9.36. The van der Waals surface area contributed by atoms with Gasteiger partial charge in [-0.05, 0) is 103 Å². The molecule has 1 aromatic heterocycles. The first kappa shape index (κ1) is 37.5. The van der Waals surface area contributed by atoms with E-state index in [9.17, 15) is 19.1 Å². The Morgan fingerprint density at radius 2 is 1.43 bits per heavy atom. The number of phosphoric ester groups is 1. The number of hydrogen-bond donors (Lipinski definition) is 3. The monoisotopic (exact) mass is 752 g/mol. The third-order valence-corrected chi connectivity index (χ3v) is 11.4. The number of carbonyl (C=O) groups excluding carboxylic acids is 1. The molecule has 1 heterocycles. The molecule has 1 amide bonds. The van der Waals surface area contributed by atoms with Gasteiger partial charge in [-0.2, -0.15) is 13.2 Å². The summed E-state index contributed by atoms with van der Waals surface area (Å²) in [6.07, 6.45) is -3.24. The van der Waals surface area contributed by atoms with Crippen molar-refractivity contribution in [2.45, 2.75) is 50.8 Å². The van der Waals surface area contributed by atoms with Gasteiger partial charge >= 0.3 is 14.0 Å². The zero-order chi connectivity index (χ0) is 38.1. The van der Waals surface area contributed by atoms with Crippen LogP contribution in [0, 0.1) is 24.7 Å². The quantitative estimate of drug-likeness (QED) is 0.123. The number of alkyl halides is 3. The van der Waals surface area contributed by atoms with E-state index >= 15 is 13.2 Å². The maximum Gasteiger partial charge on any atom is 0.470 e. The summed E-state index contributed by atoms with van der Waals surface area (Å²) in [7, 11) is -5.74. The molecule has 5 aromatic rings. The molecule has 278 valence electrons. The van der Waals surface area contributed by atoms with E-state index < -0.39 is 37.4 Å². The van der Waals surface area contributed by atoms with Crippen LogP contribution in [0.4, 0.5) is 18.9 Å². The number of aryl methyl sites for hydroxylation is 2. The standard InChI is InChI=1S/C43H40F3N2O5P/c1-28-39(18-11-23-47-28)48-41(49)33-20-21-34-32(27-33)19-22-35-37(25-30-14-7-3-8-15-30)42(43(44,45)46,53-54(50,51)52)38(26-31-16-9-4-10-17-31)36(40(34)35)24-29-12-5-2-6-13-29/h2-18,20-21,23,27,36-38H,19,22,24-26H2,1H3,(H,48,49)(H2,50,51,52)/t36-,37+,38-,42+/m1/s1. The van der Waals surface area contributed by atoms with Gasteiger partial charge in [-0.3, -0.25) is 14.3 Å². The third kappa shape index (κ3) is 7.57. The van der Waals surface area contributed by atoms with Gasteiger partial charge < -0.3 is 15.1 Å². The molecule has 0 spiro atoms. The van der Waals surface area contributed by atoms with Crippen molar-refractivity contribution in [2.75, 3.05) is 5.32 Å². The summed E-state index contributed by atoms with van der Waals surface area (Å²) in [5.41, 5.74) is 3.02. The van der Waals surface area contributed by atoms with Gasteiger partial charge in [-0.1, -0.05) is 103 Å². The minimum absolute atomic E-state index is 0.152. The number of benzene rings is 4. The van der Waals surface area contributed by atoms with Crippen molar-refractivity contribution < 1.29 is 36.8 Å².